The topological polar surface area (TPSA) is 108 Å². The first-order valence-corrected chi connectivity index (χ1v) is 7.19. The van der Waals surface area contributed by atoms with Gasteiger partial charge in [-0.25, -0.2) is 0 Å². The van der Waals surface area contributed by atoms with Crippen molar-refractivity contribution in [2.45, 2.75) is 40.3 Å². The molecule has 0 saturated heterocycles. The maximum Gasteiger partial charge on any atom is 0.312 e. The highest BCUT2D eigenvalue weighted by Gasteiger charge is 2.27. The third kappa shape index (κ3) is 3.08. The van der Waals surface area contributed by atoms with Gasteiger partial charge in [0.25, 0.3) is 0 Å². The van der Waals surface area contributed by atoms with Gasteiger partial charge in [0.15, 0.2) is 0 Å². The fraction of sp³-hybridized carbons (Fsp3) is 0.500. The Morgan fingerprint density at radius 1 is 1.39 bits per heavy atom. The van der Waals surface area contributed by atoms with Crippen LogP contribution in [0.15, 0.2) is 6.20 Å². The molecule has 2 aromatic rings. The van der Waals surface area contributed by atoms with Gasteiger partial charge in [-0.3, -0.25) is 24.3 Å². The molecular formula is C14H20N6O3. The highest BCUT2D eigenvalue weighted by atomic mass is 16.6. The lowest BCUT2D eigenvalue weighted by molar-refractivity contribution is -0.386. The molecule has 0 radical (unpaired) electrons. The van der Waals surface area contributed by atoms with Crippen molar-refractivity contribution in [3.63, 3.8) is 0 Å². The first-order chi connectivity index (χ1) is 10.7. The minimum atomic E-state index is -0.639. The molecule has 9 nitrogen and oxygen atoms in total. The second kappa shape index (κ2) is 6.19. The number of nitrogens with one attached hydrogen (secondary N) is 1. The van der Waals surface area contributed by atoms with Crippen LogP contribution < -0.4 is 5.32 Å². The molecular weight excluding hydrogens is 300 g/mol. The number of hydrogen-bond donors (Lipinski definition) is 1. The molecule has 0 aliphatic carbocycles. The zero-order valence-electron chi connectivity index (χ0n) is 13.8. The molecule has 23 heavy (non-hydrogen) atoms. The van der Waals surface area contributed by atoms with E-state index in [1.807, 2.05) is 14.0 Å². The van der Waals surface area contributed by atoms with E-state index in [0.717, 1.165) is 11.3 Å². The standard InChI is InChI=1S/C14H20N6O3/c1-8-13(20(22)23)10(3)19(17-8)11(4)14(21)15-6-12-7-16-18(5)9(12)2/h7,11H,6H2,1-5H3,(H,15,21)/t11-/m1/s1. The van der Waals surface area contributed by atoms with E-state index in [1.54, 1.807) is 31.6 Å². The van der Waals surface area contributed by atoms with E-state index in [0.29, 0.717) is 17.9 Å². The molecule has 2 rings (SSSR count). The zero-order valence-corrected chi connectivity index (χ0v) is 13.8. The van der Waals surface area contributed by atoms with Crippen molar-refractivity contribution in [1.29, 1.82) is 0 Å². The van der Waals surface area contributed by atoms with Gasteiger partial charge in [-0.2, -0.15) is 10.2 Å². The SMILES string of the molecule is Cc1nn([C@H](C)C(=O)NCc2cnn(C)c2C)c(C)c1[N+](=O)[O-]. The zero-order chi connectivity index (χ0) is 17.3. The summed E-state index contributed by atoms with van der Waals surface area (Å²) in [4.78, 5) is 22.9. The third-order valence-corrected chi connectivity index (χ3v) is 4.01. The summed E-state index contributed by atoms with van der Waals surface area (Å²) in [7, 11) is 1.83. The lowest BCUT2D eigenvalue weighted by Crippen LogP contribution is -2.31. The average Bonchev–Trinajstić information content (AvgIpc) is 2.96. The number of rotatable bonds is 5. The number of amides is 1. The summed E-state index contributed by atoms with van der Waals surface area (Å²) in [6, 6.07) is -0.639. The number of aromatic nitrogens is 4. The molecule has 1 amide bonds. The Bertz CT molecular complexity index is 761. The molecule has 0 aliphatic rings. The number of hydrogen-bond acceptors (Lipinski definition) is 5. The number of carbonyl (C=O) groups is 1. The minimum Gasteiger partial charge on any atom is -0.350 e. The van der Waals surface area contributed by atoms with Crippen molar-refractivity contribution in [2.75, 3.05) is 0 Å². The van der Waals surface area contributed by atoms with Gasteiger partial charge in [0.1, 0.15) is 17.4 Å². The Labute approximate surface area is 133 Å². The van der Waals surface area contributed by atoms with Crippen LogP contribution in [-0.4, -0.2) is 30.4 Å². The molecule has 9 heteroatoms. The average molecular weight is 320 g/mol. The number of carbonyl (C=O) groups excluding carboxylic acids is 1. The normalized spacial score (nSPS) is 12.2. The van der Waals surface area contributed by atoms with Gasteiger partial charge in [0, 0.05) is 24.8 Å². The van der Waals surface area contributed by atoms with Crippen LogP contribution in [0.3, 0.4) is 0 Å². The Hall–Kier alpha value is -2.71. The molecule has 0 saturated carbocycles. The predicted octanol–water partition coefficient (Wildman–Crippen LogP) is 1.33. The highest BCUT2D eigenvalue weighted by molar-refractivity contribution is 5.80. The van der Waals surface area contributed by atoms with E-state index in [9.17, 15) is 14.9 Å². The summed E-state index contributed by atoms with van der Waals surface area (Å²) in [6.07, 6.45) is 1.70. The van der Waals surface area contributed by atoms with Gasteiger partial charge >= 0.3 is 5.69 Å². The molecule has 0 aliphatic heterocycles. The smallest absolute Gasteiger partial charge is 0.312 e. The second-order valence-electron chi connectivity index (χ2n) is 5.49. The van der Waals surface area contributed by atoms with Gasteiger partial charge in [-0.1, -0.05) is 0 Å². The van der Waals surface area contributed by atoms with Crippen molar-refractivity contribution >= 4 is 11.6 Å². The van der Waals surface area contributed by atoms with Gasteiger partial charge < -0.3 is 5.32 Å². The van der Waals surface area contributed by atoms with E-state index in [-0.39, 0.29) is 11.6 Å². The molecule has 1 N–H and O–H groups in total. The number of aryl methyl sites for hydroxylation is 2. The summed E-state index contributed by atoms with van der Waals surface area (Å²) in [5.41, 5.74) is 2.52. The maximum atomic E-state index is 12.3. The summed E-state index contributed by atoms with van der Waals surface area (Å²) >= 11 is 0. The van der Waals surface area contributed by atoms with E-state index in [4.69, 9.17) is 0 Å². The van der Waals surface area contributed by atoms with Gasteiger partial charge in [-0.15, -0.1) is 0 Å². The highest BCUT2D eigenvalue weighted by Crippen LogP contribution is 2.24. The Balaban J connectivity index is 2.13. The molecule has 2 heterocycles. The fourth-order valence-corrected chi connectivity index (χ4v) is 2.45. The van der Waals surface area contributed by atoms with Crippen molar-refractivity contribution in [2.24, 2.45) is 7.05 Å². The van der Waals surface area contributed by atoms with Crippen LogP contribution in [0.4, 0.5) is 5.69 Å². The summed E-state index contributed by atoms with van der Waals surface area (Å²) in [6.45, 7) is 7.08. The van der Waals surface area contributed by atoms with E-state index in [2.05, 4.69) is 15.5 Å². The van der Waals surface area contributed by atoms with Crippen molar-refractivity contribution < 1.29 is 9.72 Å². The van der Waals surface area contributed by atoms with Crippen molar-refractivity contribution in [3.8, 4) is 0 Å². The second-order valence-corrected chi connectivity index (χ2v) is 5.49. The molecule has 0 aromatic carbocycles. The van der Waals surface area contributed by atoms with Gasteiger partial charge in [-0.05, 0) is 27.7 Å². The molecule has 0 bridgehead atoms. The Morgan fingerprint density at radius 3 is 2.52 bits per heavy atom. The van der Waals surface area contributed by atoms with E-state index < -0.39 is 11.0 Å². The van der Waals surface area contributed by atoms with Crippen LogP contribution in [0.2, 0.25) is 0 Å². The largest absolute Gasteiger partial charge is 0.350 e. The lowest BCUT2D eigenvalue weighted by atomic mass is 10.2. The molecule has 0 spiro atoms. The van der Waals surface area contributed by atoms with Gasteiger partial charge in [0.05, 0.1) is 11.1 Å². The summed E-state index contributed by atoms with van der Waals surface area (Å²) in [5, 5.41) is 22.1. The van der Waals surface area contributed by atoms with Crippen LogP contribution in [0.25, 0.3) is 0 Å². The van der Waals surface area contributed by atoms with Gasteiger partial charge in [0.2, 0.25) is 5.91 Å². The number of nitro groups is 1. The van der Waals surface area contributed by atoms with E-state index >= 15 is 0 Å². The molecule has 1 atom stereocenters. The van der Waals surface area contributed by atoms with Crippen molar-refractivity contribution in [3.05, 3.63) is 39.0 Å². The first kappa shape index (κ1) is 16.7. The van der Waals surface area contributed by atoms with Crippen LogP contribution in [-0.2, 0) is 18.4 Å². The molecule has 0 unspecified atom stereocenters. The number of nitrogens with zero attached hydrogens (tertiary/aromatic N) is 5. The predicted molar refractivity (Wildman–Crippen MR) is 82.9 cm³/mol. The Kier molecular flexibility index (Phi) is 4.48. The molecule has 124 valence electrons. The quantitative estimate of drug-likeness (QED) is 0.660. The van der Waals surface area contributed by atoms with Crippen LogP contribution in [0.5, 0.6) is 0 Å². The van der Waals surface area contributed by atoms with Crippen LogP contribution >= 0.6 is 0 Å². The fourth-order valence-electron chi connectivity index (χ4n) is 2.45. The minimum absolute atomic E-state index is 0.0484. The first-order valence-electron chi connectivity index (χ1n) is 7.19. The maximum absolute atomic E-state index is 12.3. The summed E-state index contributed by atoms with van der Waals surface area (Å²) < 4.78 is 3.12. The van der Waals surface area contributed by atoms with Crippen LogP contribution in [0.1, 0.15) is 35.6 Å². The van der Waals surface area contributed by atoms with Crippen molar-refractivity contribution in [1.82, 2.24) is 24.9 Å². The van der Waals surface area contributed by atoms with Crippen LogP contribution in [0, 0.1) is 30.9 Å². The monoisotopic (exact) mass is 320 g/mol. The lowest BCUT2D eigenvalue weighted by Gasteiger charge is -2.14. The molecule has 0 fully saturated rings. The third-order valence-electron chi connectivity index (χ3n) is 4.01. The summed E-state index contributed by atoms with van der Waals surface area (Å²) in [5.74, 6) is -0.256. The van der Waals surface area contributed by atoms with E-state index in [1.165, 1.54) is 4.68 Å². The molecule has 2 aromatic heterocycles. The Morgan fingerprint density at radius 2 is 2.04 bits per heavy atom.